The van der Waals surface area contributed by atoms with Gasteiger partial charge in [0.15, 0.2) is 11.0 Å². The molecule has 156 valence electrons. The van der Waals surface area contributed by atoms with E-state index in [1.54, 1.807) is 6.21 Å². The highest BCUT2D eigenvalue weighted by Crippen LogP contribution is 2.27. The molecule has 6 nitrogen and oxygen atoms in total. The summed E-state index contributed by atoms with van der Waals surface area (Å²) in [5.74, 6) is 0.838. The lowest BCUT2D eigenvalue weighted by Gasteiger charge is -2.19. The van der Waals surface area contributed by atoms with Gasteiger partial charge in [0, 0.05) is 12.1 Å². The highest BCUT2D eigenvalue weighted by atomic mass is 32.2. The summed E-state index contributed by atoms with van der Waals surface area (Å²) in [7, 11) is 0. The summed E-state index contributed by atoms with van der Waals surface area (Å²) in [5, 5.41) is 13.4. The maximum Gasteiger partial charge on any atom is 0.250 e. The molecule has 0 aliphatic rings. The van der Waals surface area contributed by atoms with Gasteiger partial charge in [0.25, 0.3) is 5.91 Å². The number of nitrogens with one attached hydrogen (secondary N) is 1. The molecule has 1 heterocycles. The van der Waals surface area contributed by atoms with Crippen LogP contribution in [0.25, 0.3) is 11.4 Å². The van der Waals surface area contributed by atoms with Gasteiger partial charge in [0.05, 0.1) is 12.0 Å². The Morgan fingerprint density at radius 1 is 1.10 bits per heavy atom. The lowest BCUT2D eigenvalue weighted by Crippen LogP contribution is -2.20. The summed E-state index contributed by atoms with van der Waals surface area (Å²) in [4.78, 5) is 12.1. The molecule has 3 aromatic rings. The SMILES string of the molecule is CCn1c(SCC(=O)N/N=C/c2ccccc2)nnc1-c1ccc(C(C)(C)C)cc1. The lowest BCUT2D eigenvalue weighted by atomic mass is 9.87. The van der Waals surface area contributed by atoms with Crippen molar-refractivity contribution in [3.8, 4) is 11.4 Å². The maximum absolute atomic E-state index is 12.1. The van der Waals surface area contributed by atoms with Crippen LogP contribution in [-0.4, -0.2) is 32.6 Å². The van der Waals surface area contributed by atoms with Crippen LogP contribution in [0.5, 0.6) is 0 Å². The predicted octanol–water partition coefficient (Wildman–Crippen LogP) is 4.50. The van der Waals surface area contributed by atoms with Crippen molar-refractivity contribution in [1.82, 2.24) is 20.2 Å². The van der Waals surface area contributed by atoms with Crippen LogP contribution in [0.2, 0.25) is 0 Å². The number of amides is 1. The number of carbonyl (C=O) groups excluding carboxylic acids is 1. The van der Waals surface area contributed by atoms with Crippen molar-refractivity contribution in [3.63, 3.8) is 0 Å². The molecule has 0 aliphatic carbocycles. The zero-order valence-electron chi connectivity index (χ0n) is 17.8. The van der Waals surface area contributed by atoms with Crippen LogP contribution in [0.3, 0.4) is 0 Å². The van der Waals surface area contributed by atoms with Crippen LogP contribution in [0, 0.1) is 0 Å². The average molecular weight is 422 g/mol. The first kappa shape index (κ1) is 21.8. The van der Waals surface area contributed by atoms with E-state index < -0.39 is 0 Å². The summed E-state index contributed by atoms with van der Waals surface area (Å²) in [6.45, 7) is 9.35. The number of benzene rings is 2. The minimum Gasteiger partial charge on any atom is -0.302 e. The molecule has 0 radical (unpaired) electrons. The van der Waals surface area contributed by atoms with E-state index in [4.69, 9.17) is 0 Å². The average Bonchev–Trinajstić information content (AvgIpc) is 3.15. The Hall–Kier alpha value is -2.93. The first-order valence-corrected chi connectivity index (χ1v) is 10.9. The Kier molecular flexibility index (Phi) is 7.05. The number of hydrazone groups is 1. The topological polar surface area (TPSA) is 72.2 Å². The zero-order valence-corrected chi connectivity index (χ0v) is 18.6. The van der Waals surface area contributed by atoms with Crippen LogP contribution in [0.4, 0.5) is 0 Å². The monoisotopic (exact) mass is 421 g/mol. The largest absolute Gasteiger partial charge is 0.302 e. The number of thioether (sulfide) groups is 1. The van der Waals surface area contributed by atoms with Crippen molar-refractivity contribution in [1.29, 1.82) is 0 Å². The summed E-state index contributed by atoms with van der Waals surface area (Å²) < 4.78 is 2.03. The standard InChI is InChI=1S/C23H27N5OS/c1-5-28-21(18-11-13-19(14-12-18)23(2,3)4)26-27-22(28)30-16-20(29)25-24-15-17-9-7-6-8-10-17/h6-15H,5,16H2,1-4H3,(H,25,29)/b24-15+. The molecular formula is C23H27N5OS. The van der Waals surface area contributed by atoms with Crippen molar-refractivity contribution in [2.24, 2.45) is 5.10 Å². The molecule has 1 aromatic heterocycles. The van der Waals surface area contributed by atoms with Crippen LogP contribution in [-0.2, 0) is 16.8 Å². The summed E-state index contributed by atoms with van der Waals surface area (Å²) >= 11 is 1.35. The van der Waals surface area contributed by atoms with Gasteiger partial charge >= 0.3 is 0 Å². The molecule has 0 atom stereocenters. The van der Waals surface area contributed by atoms with Gasteiger partial charge in [-0.1, -0.05) is 87.1 Å². The Bertz CT molecular complexity index is 1000. The van der Waals surface area contributed by atoms with Crippen molar-refractivity contribution in [3.05, 3.63) is 65.7 Å². The molecule has 0 spiro atoms. The molecule has 2 aromatic carbocycles. The number of rotatable bonds is 7. The first-order chi connectivity index (χ1) is 14.4. The molecule has 0 fully saturated rings. The molecule has 0 saturated heterocycles. The van der Waals surface area contributed by atoms with Crippen molar-refractivity contribution >= 4 is 23.9 Å². The van der Waals surface area contributed by atoms with Gasteiger partial charge in [0.1, 0.15) is 0 Å². The smallest absolute Gasteiger partial charge is 0.250 e. The van der Waals surface area contributed by atoms with Gasteiger partial charge in [0.2, 0.25) is 0 Å². The zero-order chi connectivity index (χ0) is 21.6. The Morgan fingerprint density at radius 3 is 2.43 bits per heavy atom. The Labute approximate surface area is 181 Å². The maximum atomic E-state index is 12.1. The summed E-state index contributed by atoms with van der Waals surface area (Å²) in [6.07, 6.45) is 1.62. The number of carbonyl (C=O) groups is 1. The lowest BCUT2D eigenvalue weighted by molar-refractivity contribution is -0.118. The predicted molar refractivity (Wildman–Crippen MR) is 123 cm³/mol. The summed E-state index contributed by atoms with van der Waals surface area (Å²) in [6, 6.07) is 18.0. The van der Waals surface area contributed by atoms with Crippen LogP contribution in [0.1, 0.15) is 38.8 Å². The van der Waals surface area contributed by atoms with Crippen LogP contribution < -0.4 is 5.43 Å². The minimum absolute atomic E-state index is 0.105. The fraction of sp³-hybridized carbons (Fsp3) is 0.304. The quantitative estimate of drug-likeness (QED) is 0.346. The van der Waals surface area contributed by atoms with E-state index in [1.165, 1.54) is 17.3 Å². The third-order valence-corrected chi connectivity index (χ3v) is 5.54. The molecule has 0 bridgehead atoms. The van der Waals surface area contributed by atoms with E-state index in [1.807, 2.05) is 41.8 Å². The van der Waals surface area contributed by atoms with Crippen molar-refractivity contribution in [2.45, 2.75) is 44.8 Å². The Balaban J connectivity index is 1.63. The van der Waals surface area contributed by atoms with E-state index in [0.717, 1.165) is 28.7 Å². The molecule has 30 heavy (non-hydrogen) atoms. The van der Waals surface area contributed by atoms with E-state index in [9.17, 15) is 4.79 Å². The number of hydrogen-bond acceptors (Lipinski definition) is 5. The number of nitrogens with zero attached hydrogens (tertiary/aromatic N) is 4. The van der Waals surface area contributed by atoms with Crippen molar-refractivity contribution < 1.29 is 4.79 Å². The second kappa shape index (κ2) is 9.71. The highest BCUT2D eigenvalue weighted by molar-refractivity contribution is 7.99. The van der Waals surface area contributed by atoms with Crippen molar-refractivity contribution in [2.75, 3.05) is 5.75 Å². The molecule has 0 unspecified atom stereocenters. The third-order valence-electron chi connectivity index (χ3n) is 4.58. The molecule has 0 saturated carbocycles. The normalized spacial score (nSPS) is 11.7. The Morgan fingerprint density at radius 2 is 1.80 bits per heavy atom. The molecule has 7 heteroatoms. The van der Waals surface area contributed by atoms with E-state index >= 15 is 0 Å². The van der Waals surface area contributed by atoms with E-state index in [-0.39, 0.29) is 17.1 Å². The van der Waals surface area contributed by atoms with E-state index in [2.05, 4.69) is 65.8 Å². The number of hydrogen-bond donors (Lipinski definition) is 1. The molecular weight excluding hydrogens is 394 g/mol. The first-order valence-electron chi connectivity index (χ1n) is 9.92. The minimum atomic E-state index is -0.186. The highest BCUT2D eigenvalue weighted by Gasteiger charge is 2.17. The van der Waals surface area contributed by atoms with Gasteiger partial charge in [-0.3, -0.25) is 4.79 Å². The molecule has 3 rings (SSSR count). The van der Waals surface area contributed by atoms with Gasteiger partial charge in [-0.05, 0) is 23.5 Å². The second-order valence-corrected chi connectivity index (χ2v) is 8.81. The van der Waals surface area contributed by atoms with Gasteiger partial charge in [-0.25, -0.2) is 5.43 Å². The van der Waals surface area contributed by atoms with E-state index in [0.29, 0.717) is 0 Å². The van der Waals surface area contributed by atoms with Crippen LogP contribution in [0.15, 0.2) is 64.9 Å². The molecule has 0 aliphatic heterocycles. The second-order valence-electron chi connectivity index (χ2n) is 7.87. The van der Waals surface area contributed by atoms with Gasteiger partial charge < -0.3 is 4.57 Å². The fourth-order valence-corrected chi connectivity index (χ4v) is 3.69. The van der Waals surface area contributed by atoms with Gasteiger partial charge in [-0.2, -0.15) is 5.10 Å². The molecule has 1 N–H and O–H groups in total. The van der Waals surface area contributed by atoms with Gasteiger partial charge in [-0.15, -0.1) is 10.2 Å². The number of aromatic nitrogens is 3. The third kappa shape index (κ3) is 5.57. The molecule has 1 amide bonds. The van der Waals surface area contributed by atoms with Crippen LogP contribution >= 0.6 is 11.8 Å². The summed E-state index contributed by atoms with van der Waals surface area (Å²) in [5.41, 5.74) is 5.87. The fourth-order valence-electron chi connectivity index (χ4n) is 2.89.